The van der Waals surface area contributed by atoms with Crippen molar-refractivity contribution in [2.75, 3.05) is 36.0 Å². The van der Waals surface area contributed by atoms with Gasteiger partial charge in [-0.15, -0.1) is 0 Å². The lowest BCUT2D eigenvalue weighted by Gasteiger charge is -2.36. The molecule has 5 nitrogen and oxygen atoms in total. The molecule has 2 aliphatic heterocycles. The summed E-state index contributed by atoms with van der Waals surface area (Å²) < 4.78 is 0. The molecule has 2 N–H and O–H groups in total. The molecule has 26 heavy (non-hydrogen) atoms. The van der Waals surface area contributed by atoms with Crippen LogP contribution in [0.3, 0.4) is 0 Å². The number of anilines is 2. The van der Waals surface area contributed by atoms with E-state index in [1.807, 2.05) is 24.3 Å². The Hall–Kier alpha value is -1.95. The van der Waals surface area contributed by atoms with Crippen LogP contribution in [0.1, 0.15) is 11.1 Å². The van der Waals surface area contributed by atoms with Gasteiger partial charge in [-0.3, -0.25) is 4.90 Å². The molecule has 2 aromatic rings. The molecule has 0 radical (unpaired) electrons. The van der Waals surface area contributed by atoms with E-state index >= 15 is 0 Å². The molecule has 2 aromatic carbocycles. The minimum absolute atomic E-state index is 0.119. The number of nitrogens with zero attached hydrogens (tertiary/aromatic N) is 2. The second-order valence-electron chi connectivity index (χ2n) is 6.47. The SMILES string of the molecule is O=C1NCc2c(N3CCNCC3)cccc2N1Cc1cccc(Cl)c1Cl. The van der Waals surface area contributed by atoms with Crippen LogP contribution >= 0.6 is 23.2 Å². The van der Waals surface area contributed by atoms with Gasteiger partial charge < -0.3 is 15.5 Å². The number of hydrogen-bond donors (Lipinski definition) is 2. The predicted octanol–water partition coefficient (Wildman–Crippen LogP) is 3.63. The van der Waals surface area contributed by atoms with Crippen LogP contribution in [0.4, 0.5) is 16.2 Å². The van der Waals surface area contributed by atoms with Gasteiger partial charge in [0, 0.05) is 44.0 Å². The number of carbonyl (C=O) groups is 1. The molecular weight excluding hydrogens is 371 g/mol. The highest BCUT2D eigenvalue weighted by Gasteiger charge is 2.28. The average molecular weight is 391 g/mol. The van der Waals surface area contributed by atoms with E-state index in [1.165, 1.54) is 5.69 Å². The van der Waals surface area contributed by atoms with Gasteiger partial charge in [0.1, 0.15) is 0 Å². The number of benzene rings is 2. The van der Waals surface area contributed by atoms with E-state index in [4.69, 9.17) is 23.2 Å². The number of nitrogens with one attached hydrogen (secondary N) is 2. The molecular formula is C19H20Cl2N4O. The van der Waals surface area contributed by atoms with Gasteiger partial charge >= 0.3 is 6.03 Å². The third-order valence-corrected chi connectivity index (χ3v) is 5.75. The molecule has 1 fully saturated rings. The summed E-state index contributed by atoms with van der Waals surface area (Å²) in [5.74, 6) is 0. The average Bonchev–Trinajstić information content (AvgIpc) is 2.67. The number of carbonyl (C=O) groups excluding carboxylic acids is 1. The van der Waals surface area contributed by atoms with Crippen LogP contribution in [0.25, 0.3) is 0 Å². The maximum Gasteiger partial charge on any atom is 0.322 e. The van der Waals surface area contributed by atoms with Crippen LogP contribution in [0, 0.1) is 0 Å². The quantitative estimate of drug-likeness (QED) is 0.840. The smallest absolute Gasteiger partial charge is 0.322 e. The highest BCUT2D eigenvalue weighted by Crippen LogP contribution is 2.35. The monoisotopic (exact) mass is 390 g/mol. The first-order valence-corrected chi connectivity index (χ1v) is 9.46. The van der Waals surface area contributed by atoms with Crippen molar-refractivity contribution >= 4 is 40.6 Å². The minimum atomic E-state index is -0.119. The summed E-state index contributed by atoms with van der Waals surface area (Å²) in [5.41, 5.74) is 4.09. The highest BCUT2D eigenvalue weighted by atomic mass is 35.5. The Kier molecular flexibility index (Phi) is 4.94. The van der Waals surface area contributed by atoms with Gasteiger partial charge in [0.15, 0.2) is 0 Å². The molecule has 0 aromatic heterocycles. The number of halogens is 2. The van der Waals surface area contributed by atoms with Gasteiger partial charge in [-0.05, 0) is 23.8 Å². The van der Waals surface area contributed by atoms with Gasteiger partial charge in [-0.25, -0.2) is 4.79 Å². The van der Waals surface area contributed by atoms with Gasteiger partial charge in [0.2, 0.25) is 0 Å². The van der Waals surface area contributed by atoms with Crippen molar-refractivity contribution in [1.29, 1.82) is 0 Å². The zero-order valence-electron chi connectivity index (χ0n) is 14.3. The summed E-state index contributed by atoms with van der Waals surface area (Å²) in [7, 11) is 0. The minimum Gasteiger partial charge on any atom is -0.369 e. The van der Waals surface area contributed by atoms with Gasteiger partial charge in [-0.1, -0.05) is 41.4 Å². The van der Waals surface area contributed by atoms with Crippen molar-refractivity contribution < 1.29 is 4.79 Å². The fourth-order valence-corrected chi connectivity index (χ4v) is 3.95. The number of piperazine rings is 1. The Morgan fingerprint density at radius 1 is 1.00 bits per heavy atom. The lowest BCUT2D eigenvalue weighted by Crippen LogP contribution is -2.46. The third kappa shape index (κ3) is 3.22. The maximum absolute atomic E-state index is 12.6. The van der Waals surface area contributed by atoms with Gasteiger partial charge in [-0.2, -0.15) is 0 Å². The van der Waals surface area contributed by atoms with E-state index in [9.17, 15) is 4.79 Å². The molecule has 0 unspecified atom stereocenters. The maximum atomic E-state index is 12.6. The molecule has 2 amide bonds. The zero-order chi connectivity index (χ0) is 18.1. The molecule has 0 bridgehead atoms. The van der Waals surface area contributed by atoms with Gasteiger partial charge in [0.25, 0.3) is 0 Å². The summed E-state index contributed by atoms with van der Waals surface area (Å²) >= 11 is 12.5. The topological polar surface area (TPSA) is 47.6 Å². The van der Waals surface area contributed by atoms with Crippen LogP contribution in [-0.2, 0) is 13.1 Å². The highest BCUT2D eigenvalue weighted by molar-refractivity contribution is 6.42. The molecule has 0 saturated carbocycles. The van der Waals surface area contributed by atoms with Crippen molar-refractivity contribution in [2.24, 2.45) is 0 Å². The molecule has 2 heterocycles. The van der Waals surface area contributed by atoms with E-state index in [0.29, 0.717) is 23.1 Å². The van der Waals surface area contributed by atoms with E-state index in [-0.39, 0.29) is 6.03 Å². The summed E-state index contributed by atoms with van der Waals surface area (Å²) in [5, 5.41) is 7.36. The van der Waals surface area contributed by atoms with Crippen LogP contribution in [-0.4, -0.2) is 32.2 Å². The normalized spacial score (nSPS) is 17.1. The number of amides is 2. The van der Waals surface area contributed by atoms with E-state index in [0.717, 1.165) is 43.0 Å². The molecule has 1 saturated heterocycles. The van der Waals surface area contributed by atoms with Crippen molar-refractivity contribution in [2.45, 2.75) is 13.1 Å². The molecule has 0 spiro atoms. The van der Waals surface area contributed by atoms with Crippen LogP contribution < -0.4 is 20.4 Å². The molecule has 0 atom stereocenters. The Labute approximate surface area is 162 Å². The van der Waals surface area contributed by atoms with Crippen molar-refractivity contribution in [3.05, 3.63) is 57.6 Å². The third-order valence-electron chi connectivity index (χ3n) is 4.90. The lowest BCUT2D eigenvalue weighted by atomic mass is 10.0. The van der Waals surface area contributed by atoms with Crippen LogP contribution in [0.2, 0.25) is 10.0 Å². The molecule has 4 rings (SSSR count). The molecule has 0 aliphatic carbocycles. The summed E-state index contributed by atoms with van der Waals surface area (Å²) in [6, 6.07) is 11.5. The largest absolute Gasteiger partial charge is 0.369 e. The first-order chi connectivity index (χ1) is 12.6. The molecule has 136 valence electrons. The lowest BCUT2D eigenvalue weighted by molar-refractivity contribution is 0.244. The zero-order valence-corrected chi connectivity index (χ0v) is 15.8. The van der Waals surface area contributed by atoms with Gasteiger partial charge in [0.05, 0.1) is 22.3 Å². The van der Waals surface area contributed by atoms with Crippen molar-refractivity contribution in [1.82, 2.24) is 10.6 Å². The Morgan fingerprint density at radius 2 is 1.73 bits per heavy atom. The summed E-state index contributed by atoms with van der Waals surface area (Å²) in [4.78, 5) is 16.7. The van der Waals surface area contributed by atoms with E-state index < -0.39 is 0 Å². The second kappa shape index (κ2) is 7.35. The predicted molar refractivity (Wildman–Crippen MR) is 106 cm³/mol. The number of fused-ring (bicyclic) bond motifs is 1. The Morgan fingerprint density at radius 3 is 2.54 bits per heavy atom. The Bertz CT molecular complexity index is 836. The number of hydrogen-bond acceptors (Lipinski definition) is 3. The van der Waals surface area contributed by atoms with Crippen LogP contribution in [0.5, 0.6) is 0 Å². The van der Waals surface area contributed by atoms with Crippen LogP contribution in [0.15, 0.2) is 36.4 Å². The molecule has 2 aliphatic rings. The van der Waals surface area contributed by atoms with E-state index in [1.54, 1.807) is 11.0 Å². The summed E-state index contributed by atoms with van der Waals surface area (Å²) in [6.45, 7) is 4.78. The Balaban J connectivity index is 1.70. The number of urea groups is 1. The second-order valence-corrected chi connectivity index (χ2v) is 7.25. The van der Waals surface area contributed by atoms with Crippen molar-refractivity contribution in [3.63, 3.8) is 0 Å². The first-order valence-electron chi connectivity index (χ1n) is 8.71. The first kappa shape index (κ1) is 17.5. The van der Waals surface area contributed by atoms with Crippen molar-refractivity contribution in [3.8, 4) is 0 Å². The summed E-state index contributed by atoms with van der Waals surface area (Å²) in [6.07, 6.45) is 0. The standard InChI is InChI=1S/C19H20Cl2N4O/c20-15-4-1-3-13(18(15)21)12-25-17-6-2-5-16(14(17)11-23-19(25)26)24-9-7-22-8-10-24/h1-6,22H,7-12H2,(H,23,26). The van der Waals surface area contributed by atoms with E-state index in [2.05, 4.69) is 21.6 Å². The number of rotatable bonds is 3. The fourth-order valence-electron chi connectivity index (χ4n) is 3.57. The molecule has 7 heteroatoms. The fraction of sp³-hybridized carbons (Fsp3) is 0.316.